The number of carbonyl (C=O) groups excluding carboxylic acids is 1. The van der Waals surface area contributed by atoms with Crippen LogP contribution in [-0.2, 0) is 24.3 Å². The number of carbonyl (C=O) groups is 1. The Morgan fingerprint density at radius 1 is 1.13 bits per heavy atom. The highest BCUT2D eigenvalue weighted by molar-refractivity contribution is 7.89. The van der Waals surface area contributed by atoms with Gasteiger partial charge in [0.1, 0.15) is 0 Å². The van der Waals surface area contributed by atoms with Crippen molar-refractivity contribution in [2.45, 2.75) is 50.7 Å². The number of hydrogen-bond acceptors (Lipinski definition) is 5. The Balaban J connectivity index is 1.92. The molecule has 0 aromatic heterocycles. The lowest BCUT2D eigenvalue weighted by Crippen LogP contribution is -2.47. The third kappa shape index (κ3) is 4.25. The van der Waals surface area contributed by atoms with Gasteiger partial charge in [0.05, 0.1) is 24.9 Å². The number of piperidine rings is 1. The summed E-state index contributed by atoms with van der Waals surface area (Å²) >= 11 is 0. The average molecular weight is 347 g/mol. The standard InChI is InChI=1S/C16H29NO5S/c1-16(12-21-2)8-10-17(11-9-16)23(19,20)14-6-4-13(5-7-14)15(18)22-3/h13-14H,4-12H2,1-3H3. The van der Waals surface area contributed by atoms with Gasteiger partial charge in [0.15, 0.2) is 0 Å². The van der Waals surface area contributed by atoms with Gasteiger partial charge in [0.25, 0.3) is 0 Å². The summed E-state index contributed by atoms with van der Waals surface area (Å²) in [5.74, 6) is -0.355. The zero-order valence-electron chi connectivity index (χ0n) is 14.4. The Morgan fingerprint density at radius 2 is 1.70 bits per heavy atom. The maximum atomic E-state index is 12.8. The predicted octanol–water partition coefficient (Wildman–Crippen LogP) is 1.80. The molecule has 2 rings (SSSR count). The molecule has 0 bridgehead atoms. The van der Waals surface area contributed by atoms with Crippen molar-refractivity contribution >= 4 is 16.0 Å². The minimum Gasteiger partial charge on any atom is -0.469 e. The van der Waals surface area contributed by atoms with Crippen molar-refractivity contribution in [2.75, 3.05) is 33.9 Å². The molecule has 6 nitrogen and oxygen atoms in total. The SMILES string of the molecule is COCC1(C)CCN(S(=O)(=O)C2CCC(C(=O)OC)CC2)CC1. The second kappa shape index (κ2) is 7.49. The lowest BCUT2D eigenvalue weighted by atomic mass is 9.82. The smallest absolute Gasteiger partial charge is 0.308 e. The Labute approximate surface area is 139 Å². The van der Waals surface area contributed by atoms with Crippen LogP contribution < -0.4 is 0 Å². The zero-order valence-corrected chi connectivity index (χ0v) is 15.2. The van der Waals surface area contributed by atoms with Gasteiger partial charge in [-0.05, 0) is 43.9 Å². The van der Waals surface area contributed by atoms with Crippen molar-refractivity contribution in [1.82, 2.24) is 4.31 Å². The van der Waals surface area contributed by atoms with E-state index in [4.69, 9.17) is 9.47 Å². The Morgan fingerprint density at radius 3 is 2.17 bits per heavy atom. The van der Waals surface area contributed by atoms with E-state index in [1.54, 1.807) is 11.4 Å². The van der Waals surface area contributed by atoms with Crippen molar-refractivity contribution in [2.24, 2.45) is 11.3 Å². The summed E-state index contributed by atoms with van der Waals surface area (Å²) in [4.78, 5) is 11.6. The van der Waals surface area contributed by atoms with Crippen molar-refractivity contribution in [1.29, 1.82) is 0 Å². The molecule has 23 heavy (non-hydrogen) atoms. The lowest BCUT2D eigenvalue weighted by Gasteiger charge is -2.40. The predicted molar refractivity (Wildman–Crippen MR) is 87.5 cm³/mol. The quantitative estimate of drug-likeness (QED) is 0.709. The maximum Gasteiger partial charge on any atom is 0.308 e. The fourth-order valence-electron chi connectivity index (χ4n) is 3.75. The van der Waals surface area contributed by atoms with Crippen LogP contribution in [0, 0.1) is 11.3 Å². The van der Waals surface area contributed by atoms with Crippen LogP contribution in [-0.4, -0.2) is 57.9 Å². The van der Waals surface area contributed by atoms with Crippen molar-refractivity contribution in [3.63, 3.8) is 0 Å². The first-order valence-electron chi connectivity index (χ1n) is 8.38. The molecule has 1 aliphatic heterocycles. The van der Waals surface area contributed by atoms with Crippen LogP contribution in [0.15, 0.2) is 0 Å². The number of methoxy groups -OCH3 is 2. The topological polar surface area (TPSA) is 72.9 Å². The number of rotatable bonds is 5. The molecule has 1 aliphatic carbocycles. The van der Waals surface area contributed by atoms with Gasteiger partial charge in [-0.15, -0.1) is 0 Å². The van der Waals surface area contributed by atoms with Crippen LogP contribution in [0.25, 0.3) is 0 Å². The van der Waals surface area contributed by atoms with Gasteiger partial charge in [-0.1, -0.05) is 6.92 Å². The zero-order chi connectivity index (χ0) is 17.1. The Hall–Kier alpha value is -0.660. The molecule has 134 valence electrons. The molecule has 2 aliphatic rings. The second-order valence-electron chi connectivity index (χ2n) is 7.18. The van der Waals surface area contributed by atoms with Crippen molar-refractivity contribution in [3.8, 4) is 0 Å². The normalized spacial score (nSPS) is 29.2. The summed E-state index contributed by atoms with van der Waals surface area (Å²) in [5.41, 5.74) is 0.0727. The highest BCUT2D eigenvalue weighted by Crippen LogP contribution is 2.36. The molecule has 0 aromatic rings. The van der Waals surface area contributed by atoms with Crippen LogP contribution >= 0.6 is 0 Å². The van der Waals surface area contributed by atoms with Crippen LogP contribution in [0.1, 0.15) is 45.4 Å². The molecule has 0 amide bonds. The van der Waals surface area contributed by atoms with Gasteiger partial charge in [-0.3, -0.25) is 4.79 Å². The fourth-order valence-corrected chi connectivity index (χ4v) is 5.73. The van der Waals surface area contributed by atoms with Crippen LogP contribution in [0.4, 0.5) is 0 Å². The molecule has 1 saturated carbocycles. The second-order valence-corrected chi connectivity index (χ2v) is 9.40. The van der Waals surface area contributed by atoms with Gasteiger partial charge < -0.3 is 9.47 Å². The van der Waals surface area contributed by atoms with E-state index in [9.17, 15) is 13.2 Å². The largest absolute Gasteiger partial charge is 0.469 e. The number of hydrogen-bond donors (Lipinski definition) is 0. The first-order chi connectivity index (χ1) is 10.8. The number of esters is 1. The molecule has 0 aromatic carbocycles. The summed E-state index contributed by atoms with van der Waals surface area (Å²) < 4.78 is 37.3. The minimum absolute atomic E-state index is 0.0727. The van der Waals surface area contributed by atoms with Gasteiger partial charge >= 0.3 is 5.97 Å². The molecule has 1 heterocycles. The molecule has 0 atom stereocenters. The fraction of sp³-hybridized carbons (Fsp3) is 0.938. The monoisotopic (exact) mass is 347 g/mol. The number of nitrogens with zero attached hydrogens (tertiary/aromatic N) is 1. The Bertz CT molecular complexity index is 503. The number of sulfonamides is 1. The molecular formula is C16H29NO5S. The number of ether oxygens (including phenoxy) is 2. The summed E-state index contributed by atoms with van der Waals surface area (Å²) in [5, 5.41) is -0.352. The summed E-state index contributed by atoms with van der Waals surface area (Å²) in [6.45, 7) is 3.96. The van der Waals surface area contributed by atoms with Gasteiger partial charge in [-0.25, -0.2) is 12.7 Å². The van der Waals surface area contributed by atoms with Crippen LogP contribution in [0.2, 0.25) is 0 Å². The van der Waals surface area contributed by atoms with Crippen molar-refractivity contribution < 1.29 is 22.7 Å². The molecule has 0 radical (unpaired) electrons. The molecule has 0 N–H and O–H groups in total. The first kappa shape index (κ1) is 18.7. The molecule has 7 heteroatoms. The van der Waals surface area contributed by atoms with Crippen LogP contribution in [0.3, 0.4) is 0 Å². The third-order valence-corrected chi connectivity index (χ3v) is 7.81. The average Bonchev–Trinajstić information content (AvgIpc) is 2.54. The lowest BCUT2D eigenvalue weighted by molar-refractivity contribution is -0.146. The summed E-state index contributed by atoms with van der Waals surface area (Å²) in [6.07, 6.45) is 3.97. The highest BCUT2D eigenvalue weighted by atomic mass is 32.2. The third-order valence-electron chi connectivity index (χ3n) is 5.41. The molecular weight excluding hydrogens is 318 g/mol. The summed E-state index contributed by atoms with van der Waals surface area (Å²) in [6, 6.07) is 0. The van der Waals surface area contributed by atoms with E-state index in [2.05, 4.69) is 6.92 Å². The minimum atomic E-state index is -3.27. The van der Waals surface area contributed by atoms with E-state index in [-0.39, 0.29) is 22.6 Å². The van der Waals surface area contributed by atoms with E-state index < -0.39 is 10.0 Å². The molecule has 2 fully saturated rings. The van der Waals surface area contributed by atoms with E-state index in [1.165, 1.54) is 7.11 Å². The van der Waals surface area contributed by atoms with Crippen LogP contribution in [0.5, 0.6) is 0 Å². The van der Waals surface area contributed by atoms with E-state index in [0.29, 0.717) is 45.4 Å². The van der Waals surface area contributed by atoms with Gasteiger partial charge in [-0.2, -0.15) is 0 Å². The van der Waals surface area contributed by atoms with Gasteiger partial charge in [0.2, 0.25) is 10.0 Å². The molecule has 0 unspecified atom stereocenters. The molecule has 1 saturated heterocycles. The highest BCUT2D eigenvalue weighted by Gasteiger charge is 2.40. The van der Waals surface area contributed by atoms with Gasteiger partial charge in [0, 0.05) is 20.2 Å². The van der Waals surface area contributed by atoms with E-state index >= 15 is 0 Å². The van der Waals surface area contributed by atoms with E-state index in [1.807, 2.05) is 0 Å². The first-order valence-corrected chi connectivity index (χ1v) is 9.88. The maximum absolute atomic E-state index is 12.8. The summed E-state index contributed by atoms with van der Waals surface area (Å²) in [7, 11) is -0.192. The van der Waals surface area contributed by atoms with E-state index in [0.717, 1.165) is 12.8 Å². The van der Waals surface area contributed by atoms with Crippen molar-refractivity contribution in [3.05, 3.63) is 0 Å². The Kier molecular flexibility index (Phi) is 6.08. The molecule has 0 spiro atoms.